The van der Waals surface area contributed by atoms with E-state index in [4.69, 9.17) is 0 Å². The monoisotopic (exact) mass is 231 g/mol. The molecule has 1 aromatic carbocycles. The van der Waals surface area contributed by atoms with Gasteiger partial charge in [-0.15, -0.1) is 11.3 Å². The molecular formula is C14H17NS. The van der Waals surface area contributed by atoms with Crippen LogP contribution in [0.3, 0.4) is 0 Å². The third-order valence-corrected chi connectivity index (χ3v) is 3.46. The molecule has 0 fully saturated rings. The maximum atomic E-state index is 4.49. The molecule has 0 unspecified atom stereocenters. The highest BCUT2D eigenvalue weighted by Crippen LogP contribution is 2.22. The Morgan fingerprint density at radius 2 is 1.94 bits per heavy atom. The van der Waals surface area contributed by atoms with Gasteiger partial charge >= 0.3 is 0 Å². The zero-order chi connectivity index (χ0) is 11.4. The number of thiazole rings is 1. The lowest BCUT2D eigenvalue weighted by atomic mass is 10.1. The first-order valence-electron chi connectivity index (χ1n) is 5.81. The normalized spacial score (nSPS) is 10.6. The largest absolute Gasteiger partial charge is 0.242 e. The summed E-state index contributed by atoms with van der Waals surface area (Å²) in [6.07, 6.45) is 3.72. The number of hydrogen-bond acceptors (Lipinski definition) is 2. The third kappa shape index (κ3) is 2.70. The molecule has 0 saturated heterocycles. The van der Waals surface area contributed by atoms with E-state index in [0.717, 1.165) is 10.7 Å². The number of aryl methyl sites for hydroxylation is 2. The van der Waals surface area contributed by atoms with E-state index in [2.05, 4.69) is 41.6 Å². The van der Waals surface area contributed by atoms with Crippen molar-refractivity contribution in [1.29, 1.82) is 0 Å². The zero-order valence-corrected chi connectivity index (χ0v) is 10.7. The summed E-state index contributed by atoms with van der Waals surface area (Å²) < 4.78 is 0. The number of unbranched alkanes of at least 4 members (excludes halogenated alkanes) is 1. The highest BCUT2D eigenvalue weighted by molar-refractivity contribution is 7.09. The van der Waals surface area contributed by atoms with Crippen LogP contribution < -0.4 is 0 Å². The van der Waals surface area contributed by atoms with Gasteiger partial charge in [0.25, 0.3) is 0 Å². The smallest absolute Gasteiger partial charge is 0.0901 e. The predicted molar refractivity (Wildman–Crippen MR) is 70.9 cm³/mol. The highest BCUT2D eigenvalue weighted by atomic mass is 32.1. The fraction of sp³-hybridized carbons (Fsp3) is 0.357. The van der Waals surface area contributed by atoms with Crippen LogP contribution in [-0.4, -0.2) is 4.98 Å². The first kappa shape index (κ1) is 11.3. The Labute approximate surface area is 101 Å². The Balaban J connectivity index is 2.13. The molecule has 1 aromatic heterocycles. The second-order valence-corrected chi connectivity index (χ2v) is 5.11. The summed E-state index contributed by atoms with van der Waals surface area (Å²) in [6.45, 7) is 4.27. The minimum absolute atomic E-state index is 1.10. The summed E-state index contributed by atoms with van der Waals surface area (Å²) in [5.74, 6) is 0. The fourth-order valence-electron chi connectivity index (χ4n) is 1.72. The van der Waals surface area contributed by atoms with Crippen LogP contribution in [0.25, 0.3) is 11.3 Å². The minimum Gasteiger partial charge on any atom is -0.242 e. The number of hydrogen-bond donors (Lipinski definition) is 0. The van der Waals surface area contributed by atoms with Gasteiger partial charge in [-0.25, -0.2) is 4.98 Å². The molecule has 2 heteroatoms. The van der Waals surface area contributed by atoms with Crippen LogP contribution in [0, 0.1) is 6.92 Å². The van der Waals surface area contributed by atoms with Gasteiger partial charge in [0.2, 0.25) is 0 Å². The topological polar surface area (TPSA) is 12.9 Å². The van der Waals surface area contributed by atoms with Gasteiger partial charge in [-0.1, -0.05) is 37.6 Å². The van der Waals surface area contributed by atoms with Crippen molar-refractivity contribution >= 4 is 11.3 Å². The second-order valence-electron chi connectivity index (χ2n) is 4.05. The Morgan fingerprint density at radius 1 is 1.19 bits per heavy atom. The molecule has 16 heavy (non-hydrogen) atoms. The van der Waals surface area contributed by atoms with Crippen LogP contribution in [0.2, 0.25) is 0 Å². The first-order valence-corrected chi connectivity index (χ1v) is 6.69. The molecule has 0 saturated carbocycles. The average molecular weight is 231 g/mol. The van der Waals surface area contributed by atoms with E-state index in [-0.39, 0.29) is 0 Å². The number of aromatic nitrogens is 1. The van der Waals surface area contributed by atoms with E-state index < -0.39 is 0 Å². The van der Waals surface area contributed by atoms with Crippen molar-refractivity contribution in [2.45, 2.75) is 33.1 Å². The van der Waals surface area contributed by atoms with Crippen LogP contribution in [0.5, 0.6) is 0 Å². The highest BCUT2D eigenvalue weighted by Gasteiger charge is 2.01. The molecule has 0 N–H and O–H groups in total. The van der Waals surface area contributed by atoms with E-state index in [1.807, 2.05) is 6.92 Å². The van der Waals surface area contributed by atoms with Gasteiger partial charge in [-0.2, -0.15) is 0 Å². The lowest BCUT2D eigenvalue weighted by Gasteiger charge is -2.01. The number of nitrogens with zero attached hydrogens (tertiary/aromatic N) is 1. The van der Waals surface area contributed by atoms with Gasteiger partial charge < -0.3 is 0 Å². The molecule has 84 valence electrons. The lowest BCUT2D eigenvalue weighted by Crippen LogP contribution is -1.85. The van der Waals surface area contributed by atoms with Crippen molar-refractivity contribution < 1.29 is 0 Å². The van der Waals surface area contributed by atoms with E-state index in [1.54, 1.807) is 11.3 Å². The second kappa shape index (κ2) is 5.26. The number of benzene rings is 1. The third-order valence-electron chi connectivity index (χ3n) is 2.69. The van der Waals surface area contributed by atoms with Crippen LogP contribution in [0.15, 0.2) is 29.6 Å². The van der Waals surface area contributed by atoms with Gasteiger partial charge in [0, 0.05) is 10.9 Å². The van der Waals surface area contributed by atoms with Gasteiger partial charge in [-0.05, 0) is 25.3 Å². The minimum atomic E-state index is 1.10. The molecule has 0 spiro atoms. The molecular weight excluding hydrogens is 214 g/mol. The Hall–Kier alpha value is -1.15. The summed E-state index contributed by atoms with van der Waals surface area (Å²) in [6, 6.07) is 8.80. The van der Waals surface area contributed by atoms with Crippen molar-refractivity contribution in [2.75, 3.05) is 0 Å². The van der Waals surface area contributed by atoms with Gasteiger partial charge in [0.1, 0.15) is 0 Å². The Morgan fingerprint density at radius 3 is 2.50 bits per heavy atom. The predicted octanol–water partition coefficient (Wildman–Crippen LogP) is 4.46. The summed E-state index contributed by atoms with van der Waals surface area (Å²) in [5, 5.41) is 3.25. The Bertz CT molecular complexity index is 442. The van der Waals surface area contributed by atoms with Crippen LogP contribution in [0.1, 0.15) is 30.3 Å². The quantitative estimate of drug-likeness (QED) is 0.757. The van der Waals surface area contributed by atoms with Crippen molar-refractivity contribution in [2.24, 2.45) is 0 Å². The molecule has 0 aliphatic heterocycles. The molecule has 0 radical (unpaired) electrons. The molecule has 2 aromatic rings. The lowest BCUT2D eigenvalue weighted by molar-refractivity contribution is 0.795. The molecule has 0 aliphatic rings. The maximum Gasteiger partial charge on any atom is 0.0901 e. The van der Waals surface area contributed by atoms with E-state index >= 15 is 0 Å². The summed E-state index contributed by atoms with van der Waals surface area (Å²) in [5.41, 5.74) is 3.76. The van der Waals surface area contributed by atoms with Crippen LogP contribution in [0.4, 0.5) is 0 Å². The van der Waals surface area contributed by atoms with Crippen molar-refractivity contribution in [1.82, 2.24) is 4.98 Å². The molecule has 0 aliphatic carbocycles. The molecule has 2 rings (SSSR count). The molecule has 1 nitrogen and oxygen atoms in total. The summed E-state index contributed by atoms with van der Waals surface area (Å²) >= 11 is 1.71. The van der Waals surface area contributed by atoms with Gasteiger partial charge in [-0.3, -0.25) is 0 Å². The molecule has 0 atom stereocenters. The maximum absolute atomic E-state index is 4.49. The fourth-order valence-corrected chi connectivity index (χ4v) is 2.34. The van der Waals surface area contributed by atoms with Crippen LogP contribution >= 0.6 is 11.3 Å². The number of rotatable bonds is 4. The van der Waals surface area contributed by atoms with Crippen molar-refractivity contribution in [3.63, 3.8) is 0 Å². The standard InChI is InChI=1S/C14H17NS/c1-3-4-5-12-6-8-13(9-7-12)14-10-16-11(2)15-14/h6-10H,3-5H2,1-2H3. The molecule has 1 heterocycles. The van der Waals surface area contributed by atoms with Crippen LogP contribution in [-0.2, 0) is 6.42 Å². The summed E-state index contributed by atoms with van der Waals surface area (Å²) in [7, 11) is 0. The van der Waals surface area contributed by atoms with Crippen molar-refractivity contribution in [3.8, 4) is 11.3 Å². The van der Waals surface area contributed by atoms with E-state index in [1.165, 1.54) is 30.4 Å². The molecule has 0 bridgehead atoms. The van der Waals surface area contributed by atoms with E-state index in [0.29, 0.717) is 0 Å². The Kier molecular flexibility index (Phi) is 3.73. The SMILES string of the molecule is CCCCc1ccc(-c2csc(C)n2)cc1. The average Bonchev–Trinajstić information content (AvgIpc) is 2.74. The first-order chi connectivity index (χ1) is 7.79. The van der Waals surface area contributed by atoms with E-state index in [9.17, 15) is 0 Å². The zero-order valence-electron chi connectivity index (χ0n) is 9.86. The van der Waals surface area contributed by atoms with Gasteiger partial charge in [0.15, 0.2) is 0 Å². The van der Waals surface area contributed by atoms with Crippen molar-refractivity contribution in [3.05, 3.63) is 40.2 Å². The van der Waals surface area contributed by atoms with Gasteiger partial charge in [0.05, 0.1) is 10.7 Å². The molecule has 0 amide bonds. The summed E-state index contributed by atoms with van der Waals surface area (Å²) in [4.78, 5) is 4.49.